The van der Waals surface area contributed by atoms with Crippen LogP contribution in [0.5, 0.6) is 0 Å². The van der Waals surface area contributed by atoms with Gasteiger partial charge in [-0.15, -0.1) is 0 Å². The first-order valence-corrected chi connectivity index (χ1v) is 8.01. The first-order valence-electron chi connectivity index (χ1n) is 6.15. The molecule has 0 saturated heterocycles. The van der Waals surface area contributed by atoms with Gasteiger partial charge in [-0.1, -0.05) is 32.4 Å². The summed E-state index contributed by atoms with van der Waals surface area (Å²) in [4.78, 5) is 11.7. The lowest BCUT2D eigenvalue weighted by molar-refractivity contribution is 0.566. The van der Waals surface area contributed by atoms with Crippen molar-refractivity contribution < 1.29 is 8.42 Å². The van der Waals surface area contributed by atoms with Crippen LogP contribution in [-0.4, -0.2) is 23.4 Å². The van der Waals surface area contributed by atoms with Crippen LogP contribution in [0.2, 0.25) is 5.02 Å². The number of sulfonamides is 1. The second-order valence-electron chi connectivity index (χ2n) is 5.45. The Labute approximate surface area is 128 Å². The highest BCUT2D eigenvalue weighted by molar-refractivity contribution is 7.92. The lowest BCUT2D eigenvalue weighted by atomic mass is 9.92. The average molecular weight is 327 g/mol. The summed E-state index contributed by atoms with van der Waals surface area (Å²) in [6.07, 6.45) is 3.99. The van der Waals surface area contributed by atoms with Crippen LogP contribution in [0, 0.1) is 0 Å². The predicted molar refractivity (Wildman–Crippen MR) is 80.8 cm³/mol. The smallest absolute Gasteiger partial charge is 0.263 e. The number of pyridine rings is 1. The Balaban J connectivity index is 2.36. The third-order valence-electron chi connectivity index (χ3n) is 2.66. The molecular formula is C13H15ClN4O2S. The lowest BCUT2D eigenvalue weighted by Crippen LogP contribution is -2.17. The lowest BCUT2D eigenvalue weighted by Gasteiger charge is -2.19. The third kappa shape index (κ3) is 3.68. The van der Waals surface area contributed by atoms with Crippen molar-refractivity contribution in [3.8, 4) is 0 Å². The molecule has 0 aromatic carbocycles. The molecule has 2 aromatic heterocycles. The first kappa shape index (κ1) is 15.7. The van der Waals surface area contributed by atoms with Gasteiger partial charge in [0.2, 0.25) is 0 Å². The minimum absolute atomic E-state index is 0.0147. The summed E-state index contributed by atoms with van der Waals surface area (Å²) >= 11 is 6.14. The number of nitrogens with one attached hydrogen (secondary N) is 1. The average Bonchev–Trinajstić information content (AvgIpc) is 2.37. The van der Waals surface area contributed by atoms with Crippen molar-refractivity contribution in [3.05, 3.63) is 41.6 Å². The van der Waals surface area contributed by atoms with E-state index in [4.69, 9.17) is 11.6 Å². The van der Waals surface area contributed by atoms with Crippen LogP contribution in [0.3, 0.4) is 0 Å². The number of aromatic nitrogens is 3. The molecular weight excluding hydrogens is 312 g/mol. The molecule has 0 fully saturated rings. The molecule has 112 valence electrons. The number of anilines is 1. The number of hydrogen-bond acceptors (Lipinski definition) is 5. The van der Waals surface area contributed by atoms with Crippen LogP contribution < -0.4 is 4.72 Å². The normalized spacial score (nSPS) is 12.2. The Morgan fingerprint density at radius 1 is 1.24 bits per heavy atom. The van der Waals surface area contributed by atoms with E-state index in [9.17, 15) is 8.42 Å². The van der Waals surface area contributed by atoms with Crippen molar-refractivity contribution in [2.45, 2.75) is 31.1 Å². The van der Waals surface area contributed by atoms with Crippen molar-refractivity contribution in [2.75, 3.05) is 4.72 Å². The zero-order chi connectivity index (χ0) is 15.7. The molecule has 2 heterocycles. The van der Waals surface area contributed by atoms with Crippen LogP contribution in [0.4, 0.5) is 5.82 Å². The van der Waals surface area contributed by atoms with Crippen molar-refractivity contribution >= 4 is 27.4 Å². The summed E-state index contributed by atoms with van der Waals surface area (Å²) in [7, 11) is -3.79. The molecule has 0 atom stereocenters. The van der Waals surface area contributed by atoms with Gasteiger partial charge in [0.25, 0.3) is 10.0 Å². The molecule has 21 heavy (non-hydrogen) atoms. The molecule has 2 rings (SSSR count). The van der Waals surface area contributed by atoms with Gasteiger partial charge >= 0.3 is 0 Å². The highest BCUT2D eigenvalue weighted by Gasteiger charge is 2.22. The fourth-order valence-corrected chi connectivity index (χ4v) is 3.16. The molecule has 0 amide bonds. The maximum absolute atomic E-state index is 12.2. The zero-order valence-electron chi connectivity index (χ0n) is 11.8. The van der Waals surface area contributed by atoms with Crippen LogP contribution in [0.1, 0.15) is 26.5 Å². The summed E-state index contributed by atoms with van der Waals surface area (Å²) in [6, 6.07) is 2.84. The summed E-state index contributed by atoms with van der Waals surface area (Å²) in [6.45, 7) is 5.86. The highest BCUT2D eigenvalue weighted by Crippen LogP contribution is 2.29. The van der Waals surface area contributed by atoms with Gasteiger partial charge in [-0.25, -0.2) is 18.4 Å². The maximum Gasteiger partial charge on any atom is 0.264 e. The van der Waals surface area contributed by atoms with Gasteiger partial charge < -0.3 is 0 Å². The van der Waals surface area contributed by atoms with Crippen LogP contribution in [-0.2, 0) is 15.4 Å². The third-order valence-corrected chi connectivity index (χ3v) is 4.27. The van der Waals surface area contributed by atoms with Crippen molar-refractivity contribution in [1.82, 2.24) is 15.0 Å². The molecule has 0 bridgehead atoms. The molecule has 0 spiro atoms. The molecule has 6 nitrogen and oxygen atoms in total. The summed E-state index contributed by atoms with van der Waals surface area (Å²) in [5.41, 5.74) is 0.379. The molecule has 0 aliphatic carbocycles. The zero-order valence-corrected chi connectivity index (χ0v) is 13.4. The van der Waals surface area contributed by atoms with E-state index in [1.807, 2.05) is 20.8 Å². The van der Waals surface area contributed by atoms with Gasteiger partial charge in [0.15, 0.2) is 0 Å². The molecule has 0 aliphatic heterocycles. The molecule has 0 radical (unpaired) electrons. The standard InChI is InChI=1S/C13H15ClN4O2S/c1-13(2,3)12-10(14)6-9(7-16-12)21(19,20)18-11-4-5-15-8-17-11/h4-8H,1-3H3,(H,15,17,18). The topological polar surface area (TPSA) is 84.8 Å². The quantitative estimate of drug-likeness (QED) is 0.937. The van der Waals surface area contributed by atoms with E-state index < -0.39 is 10.0 Å². The van der Waals surface area contributed by atoms with E-state index in [2.05, 4.69) is 19.7 Å². The van der Waals surface area contributed by atoms with E-state index in [1.54, 1.807) is 0 Å². The largest absolute Gasteiger partial charge is 0.264 e. The monoisotopic (exact) mass is 326 g/mol. The van der Waals surface area contributed by atoms with E-state index in [1.165, 1.54) is 30.9 Å². The Hall–Kier alpha value is -1.73. The van der Waals surface area contributed by atoms with E-state index in [0.717, 1.165) is 0 Å². The van der Waals surface area contributed by atoms with Crippen molar-refractivity contribution in [1.29, 1.82) is 0 Å². The van der Waals surface area contributed by atoms with Crippen LogP contribution in [0.15, 0.2) is 35.7 Å². The van der Waals surface area contributed by atoms with Crippen LogP contribution >= 0.6 is 11.6 Å². The highest BCUT2D eigenvalue weighted by atomic mass is 35.5. The Morgan fingerprint density at radius 3 is 2.48 bits per heavy atom. The first-order chi connectivity index (χ1) is 9.70. The molecule has 0 saturated carbocycles. The maximum atomic E-state index is 12.2. The number of rotatable bonds is 3. The Kier molecular flexibility index (Phi) is 4.15. The Morgan fingerprint density at radius 2 is 1.95 bits per heavy atom. The molecule has 1 N–H and O–H groups in total. The summed E-state index contributed by atoms with van der Waals surface area (Å²) < 4.78 is 26.8. The predicted octanol–water partition coefficient (Wildman–Crippen LogP) is 2.62. The minimum Gasteiger partial charge on any atom is -0.263 e. The minimum atomic E-state index is -3.79. The fourth-order valence-electron chi connectivity index (χ4n) is 1.67. The Bertz CT molecular complexity index is 743. The number of halogens is 1. The molecule has 0 aliphatic rings. The summed E-state index contributed by atoms with van der Waals surface area (Å²) in [5, 5.41) is 0.313. The number of hydrogen-bond donors (Lipinski definition) is 1. The van der Waals surface area contributed by atoms with Gasteiger partial charge in [0.05, 0.1) is 10.7 Å². The second-order valence-corrected chi connectivity index (χ2v) is 7.54. The van der Waals surface area contributed by atoms with E-state index >= 15 is 0 Å². The van der Waals surface area contributed by atoms with Gasteiger partial charge in [0.1, 0.15) is 17.0 Å². The fraction of sp³-hybridized carbons (Fsp3) is 0.308. The number of nitrogens with zero attached hydrogens (tertiary/aromatic N) is 3. The van der Waals surface area contributed by atoms with Gasteiger partial charge in [0, 0.05) is 17.8 Å². The van der Waals surface area contributed by atoms with Crippen LogP contribution in [0.25, 0.3) is 0 Å². The summed E-state index contributed by atoms with van der Waals surface area (Å²) in [5.74, 6) is 0.182. The SMILES string of the molecule is CC(C)(C)c1ncc(S(=O)(=O)Nc2ccncn2)cc1Cl. The molecule has 0 unspecified atom stereocenters. The second kappa shape index (κ2) is 5.57. The van der Waals surface area contributed by atoms with Gasteiger partial charge in [-0.2, -0.15) is 0 Å². The van der Waals surface area contributed by atoms with E-state index in [0.29, 0.717) is 10.7 Å². The van der Waals surface area contributed by atoms with Gasteiger partial charge in [-0.3, -0.25) is 9.71 Å². The van der Waals surface area contributed by atoms with E-state index in [-0.39, 0.29) is 16.1 Å². The van der Waals surface area contributed by atoms with Crippen molar-refractivity contribution in [3.63, 3.8) is 0 Å². The molecule has 2 aromatic rings. The van der Waals surface area contributed by atoms with Gasteiger partial charge in [-0.05, 0) is 12.1 Å². The van der Waals surface area contributed by atoms with Crippen molar-refractivity contribution in [2.24, 2.45) is 0 Å². The molecule has 8 heteroatoms.